The van der Waals surface area contributed by atoms with Crippen molar-refractivity contribution in [3.05, 3.63) is 24.0 Å². The molecule has 0 bridgehead atoms. The van der Waals surface area contributed by atoms with E-state index in [1.807, 2.05) is 13.8 Å². The lowest BCUT2D eigenvalue weighted by Gasteiger charge is -2.15. The predicted molar refractivity (Wildman–Crippen MR) is 62.1 cm³/mol. The van der Waals surface area contributed by atoms with E-state index in [1.54, 1.807) is 12.1 Å². The largest absolute Gasteiger partial charge is 0.391 e. The van der Waals surface area contributed by atoms with Crippen molar-refractivity contribution >= 4 is 11.6 Å². The van der Waals surface area contributed by atoms with Crippen molar-refractivity contribution in [1.29, 1.82) is 0 Å². The molecule has 0 aromatic carbocycles. The molecule has 0 fully saturated rings. The Labute approximate surface area is 94.7 Å². The van der Waals surface area contributed by atoms with Crippen LogP contribution in [0.1, 0.15) is 24.3 Å². The number of carbonyl (C=O) groups is 1. The first kappa shape index (κ1) is 12.4. The van der Waals surface area contributed by atoms with E-state index in [9.17, 15) is 9.90 Å². The maximum Gasteiger partial charge on any atom is 0.267 e. The molecule has 1 heterocycles. The third-order valence-corrected chi connectivity index (χ3v) is 2.30. The van der Waals surface area contributed by atoms with Crippen molar-refractivity contribution < 1.29 is 9.90 Å². The van der Waals surface area contributed by atoms with Crippen molar-refractivity contribution in [2.45, 2.75) is 20.0 Å². The van der Waals surface area contributed by atoms with E-state index in [1.165, 1.54) is 6.20 Å². The van der Waals surface area contributed by atoms with E-state index in [0.717, 1.165) is 5.69 Å². The molecule has 0 saturated heterocycles. The van der Waals surface area contributed by atoms with Crippen LogP contribution >= 0.6 is 0 Å². The number of primary amides is 1. The van der Waals surface area contributed by atoms with E-state index in [2.05, 4.69) is 10.3 Å². The number of hydrogen-bond donors (Lipinski definition) is 3. The maximum atomic E-state index is 10.9. The number of anilines is 1. The summed E-state index contributed by atoms with van der Waals surface area (Å²) in [4.78, 5) is 14.7. The zero-order valence-electron chi connectivity index (χ0n) is 9.47. The summed E-state index contributed by atoms with van der Waals surface area (Å²) >= 11 is 0. The fourth-order valence-corrected chi connectivity index (χ4v) is 1.13. The number of carbonyl (C=O) groups excluding carboxylic acids is 1. The van der Waals surface area contributed by atoms with Gasteiger partial charge in [-0.25, -0.2) is 0 Å². The molecule has 4 N–H and O–H groups in total. The molecule has 0 aliphatic heterocycles. The number of aliphatic hydroxyl groups excluding tert-OH is 1. The minimum atomic E-state index is -0.562. The number of rotatable bonds is 5. The summed E-state index contributed by atoms with van der Waals surface area (Å²) in [5.41, 5.74) is 6.05. The van der Waals surface area contributed by atoms with Gasteiger partial charge in [0.15, 0.2) is 0 Å². The number of nitrogens with two attached hydrogens (primary N) is 1. The highest BCUT2D eigenvalue weighted by Crippen LogP contribution is 2.09. The van der Waals surface area contributed by atoms with Crippen LogP contribution < -0.4 is 11.1 Å². The lowest BCUT2D eigenvalue weighted by molar-refractivity contribution is 0.0995. The Kier molecular flexibility index (Phi) is 4.25. The topological polar surface area (TPSA) is 88.2 Å². The summed E-state index contributed by atoms with van der Waals surface area (Å²) in [5.74, 6) is -0.377. The van der Waals surface area contributed by atoms with Crippen LogP contribution in [0.25, 0.3) is 0 Å². The number of nitrogens with zero attached hydrogens (tertiary/aromatic N) is 1. The fourth-order valence-electron chi connectivity index (χ4n) is 1.13. The first-order valence-corrected chi connectivity index (χ1v) is 5.18. The van der Waals surface area contributed by atoms with Crippen LogP contribution in [-0.2, 0) is 0 Å². The zero-order valence-corrected chi connectivity index (χ0v) is 9.47. The average molecular weight is 223 g/mol. The van der Waals surface area contributed by atoms with Gasteiger partial charge < -0.3 is 16.2 Å². The number of pyridine rings is 1. The lowest BCUT2D eigenvalue weighted by Crippen LogP contribution is -2.25. The van der Waals surface area contributed by atoms with E-state index in [-0.39, 0.29) is 11.6 Å². The van der Waals surface area contributed by atoms with Crippen LogP contribution in [0.3, 0.4) is 0 Å². The minimum Gasteiger partial charge on any atom is -0.391 e. The molecule has 0 spiro atoms. The highest BCUT2D eigenvalue weighted by molar-refractivity contribution is 5.91. The van der Waals surface area contributed by atoms with Gasteiger partial charge in [-0.05, 0) is 18.1 Å². The molecule has 1 atom stereocenters. The molecule has 1 aromatic rings. The second kappa shape index (κ2) is 5.46. The standard InChI is InChI=1S/C11H17N3O2/c1-7(2)10(15)6-14-8-3-4-13-9(5-8)11(12)16/h3-5,7,10,15H,6H2,1-2H3,(H2,12,16)(H,13,14). The summed E-state index contributed by atoms with van der Waals surface area (Å²) in [6.07, 6.45) is 1.08. The van der Waals surface area contributed by atoms with Crippen molar-refractivity contribution in [3.8, 4) is 0 Å². The number of aromatic nitrogens is 1. The van der Waals surface area contributed by atoms with E-state index in [4.69, 9.17) is 5.73 Å². The average Bonchev–Trinajstić information content (AvgIpc) is 2.26. The molecule has 5 heteroatoms. The van der Waals surface area contributed by atoms with Crippen LogP contribution in [0.2, 0.25) is 0 Å². The Morgan fingerprint density at radius 3 is 2.88 bits per heavy atom. The van der Waals surface area contributed by atoms with Gasteiger partial charge >= 0.3 is 0 Å². The van der Waals surface area contributed by atoms with Crippen molar-refractivity contribution in [3.63, 3.8) is 0 Å². The Bertz CT molecular complexity index is 366. The SMILES string of the molecule is CC(C)C(O)CNc1ccnc(C(N)=O)c1. The first-order chi connectivity index (χ1) is 7.50. The minimum absolute atomic E-state index is 0.185. The Hall–Kier alpha value is -1.62. The second-order valence-electron chi connectivity index (χ2n) is 3.99. The smallest absolute Gasteiger partial charge is 0.267 e. The van der Waals surface area contributed by atoms with Crippen LogP contribution in [0, 0.1) is 5.92 Å². The molecule has 0 aliphatic rings. The van der Waals surface area contributed by atoms with Gasteiger partial charge in [0.1, 0.15) is 5.69 Å². The number of nitrogens with one attached hydrogen (secondary N) is 1. The van der Waals surface area contributed by atoms with Crippen molar-refractivity contribution in [2.75, 3.05) is 11.9 Å². The summed E-state index contributed by atoms with van der Waals surface area (Å²) < 4.78 is 0. The molecule has 1 aromatic heterocycles. The van der Waals surface area contributed by atoms with E-state index in [0.29, 0.717) is 6.54 Å². The Morgan fingerprint density at radius 1 is 1.62 bits per heavy atom. The molecule has 16 heavy (non-hydrogen) atoms. The van der Waals surface area contributed by atoms with Gasteiger partial charge in [-0.1, -0.05) is 13.8 Å². The normalized spacial score (nSPS) is 12.5. The molecule has 0 aliphatic carbocycles. The monoisotopic (exact) mass is 223 g/mol. The highest BCUT2D eigenvalue weighted by atomic mass is 16.3. The number of hydrogen-bond acceptors (Lipinski definition) is 4. The van der Waals surface area contributed by atoms with E-state index >= 15 is 0 Å². The molecular formula is C11H17N3O2. The van der Waals surface area contributed by atoms with Gasteiger partial charge in [0, 0.05) is 18.4 Å². The van der Waals surface area contributed by atoms with Gasteiger partial charge in [-0.15, -0.1) is 0 Å². The molecule has 5 nitrogen and oxygen atoms in total. The predicted octanol–water partition coefficient (Wildman–Crippen LogP) is 0.609. The van der Waals surface area contributed by atoms with Gasteiger partial charge in [0.05, 0.1) is 6.10 Å². The van der Waals surface area contributed by atoms with Crippen molar-refractivity contribution in [1.82, 2.24) is 4.98 Å². The second-order valence-corrected chi connectivity index (χ2v) is 3.99. The van der Waals surface area contributed by atoms with Crippen LogP contribution in [0.15, 0.2) is 18.3 Å². The molecule has 1 amide bonds. The van der Waals surface area contributed by atoms with Gasteiger partial charge in [0.25, 0.3) is 5.91 Å². The third kappa shape index (κ3) is 3.51. The van der Waals surface area contributed by atoms with Gasteiger partial charge in [-0.3, -0.25) is 9.78 Å². The van der Waals surface area contributed by atoms with Gasteiger partial charge in [0.2, 0.25) is 0 Å². The molecule has 88 valence electrons. The molecule has 0 radical (unpaired) electrons. The fraction of sp³-hybridized carbons (Fsp3) is 0.455. The Balaban J connectivity index is 2.61. The molecule has 1 unspecified atom stereocenters. The number of amides is 1. The van der Waals surface area contributed by atoms with E-state index < -0.39 is 12.0 Å². The highest BCUT2D eigenvalue weighted by Gasteiger charge is 2.09. The lowest BCUT2D eigenvalue weighted by atomic mass is 10.1. The maximum absolute atomic E-state index is 10.9. The van der Waals surface area contributed by atoms with Crippen LogP contribution in [0.4, 0.5) is 5.69 Å². The number of aliphatic hydroxyl groups is 1. The quantitative estimate of drug-likeness (QED) is 0.682. The third-order valence-electron chi connectivity index (χ3n) is 2.30. The van der Waals surface area contributed by atoms with Crippen LogP contribution in [0.5, 0.6) is 0 Å². The zero-order chi connectivity index (χ0) is 12.1. The summed E-state index contributed by atoms with van der Waals surface area (Å²) in [6.45, 7) is 4.31. The van der Waals surface area contributed by atoms with Crippen LogP contribution in [-0.4, -0.2) is 28.6 Å². The molecule has 0 saturated carbocycles. The molecular weight excluding hydrogens is 206 g/mol. The van der Waals surface area contributed by atoms with Gasteiger partial charge in [-0.2, -0.15) is 0 Å². The summed E-state index contributed by atoms with van der Waals surface area (Å²) in [6, 6.07) is 3.29. The van der Waals surface area contributed by atoms with Crippen molar-refractivity contribution in [2.24, 2.45) is 11.7 Å². The molecule has 1 rings (SSSR count). The Morgan fingerprint density at radius 2 is 2.31 bits per heavy atom. The first-order valence-electron chi connectivity index (χ1n) is 5.18. The summed E-state index contributed by atoms with van der Waals surface area (Å²) in [7, 11) is 0. The summed E-state index contributed by atoms with van der Waals surface area (Å²) in [5, 5.41) is 12.6.